The molecule has 2 unspecified atom stereocenters. The lowest BCUT2D eigenvalue weighted by Gasteiger charge is -2.35. The smallest absolute Gasteiger partial charge is 0.237 e. The molecule has 0 radical (unpaired) electrons. The van der Waals surface area contributed by atoms with Gasteiger partial charge in [-0.2, -0.15) is 0 Å². The molecule has 1 aliphatic carbocycles. The largest absolute Gasteiger partial charge is 0.497 e. The average molecular weight is 699 g/mol. The predicted molar refractivity (Wildman–Crippen MR) is 187 cm³/mol. The van der Waals surface area contributed by atoms with Crippen molar-refractivity contribution in [3.8, 4) is 34.3 Å². The van der Waals surface area contributed by atoms with Gasteiger partial charge in [-0.1, -0.05) is 48.9 Å². The summed E-state index contributed by atoms with van der Waals surface area (Å²) in [5.41, 5.74) is 0.668. The molecule has 2 aliphatic heterocycles. The van der Waals surface area contributed by atoms with Crippen LogP contribution in [0.4, 0.5) is 0 Å². The van der Waals surface area contributed by atoms with Gasteiger partial charge in [0.25, 0.3) is 0 Å². The zero-order valence-electron chi connectivity index (χ0n) is 28.5. The number of fused-ring (bicyclic) bond motifs is 2. The number of nitrogens with one attached hydrogen (secondary N) is 1. The van der Waals surface area contributed by atoms with Gasteiger partial charge in [-0.15, -0.1) is 0 Å². The van der Waals surface area contributed by atoms with Crippen LogP contribution in [-0.2, 0) is 24.2 Å². The first kappa shape index (κ1) is 33.7. The van der Waals surface area contributed by atoms with Crippen LogP contribution >= 0.6 is 11.6 Å². The number of furan rings is 1. The Morgan fingerprint density at radius 3 is 2.28 bits per heavy atom. The molecule has 3 heterocycles. The average Bonchev–Trinajstić information content (AvgIpc) is 3.64. The van der Waals surface area contributed by atoms with E-state index in [0.717, 1.165) is 32.5 Å². The van der Waals surface area contributed by atoms with E-state index in [1.54, 1.807) is 26.2 Å². The molecule has 1 fully saturated rings. The number of Topliss-reactive ketones (excluding diaryl/α,β-unsaturated/α-hetero) is 2. The molecular weight excluding hydrogens is 660 g/mol. The number of ketones is 2. The van der Waals surface area contributed by atoms with Crippen molar-refractivity contribution in [1.29, 1.82) is 0 Å². The van der Waals surface area contributed by atoms with Gasteiger partial charge in [-0.25, -0.2) is 0 Å². The number of benzene rings is 3. The van der Waals surface area contributed by atoms with Gasteiger partial charge in [0.1, 0.15) is 39.4 Å². The molecule has 1 N–H and O–H groups in total. The highest BCUT2D eigenvalue weighted by atomic mass is 35.5. The molecule has 3 aliphatic rings. The summed E-state index contributed by atoms with van der Waals surface area (Å²) in [6, 6.07) is 19.1. The van der Waals surface area contributed by atoms with E-state index < -0.39 is 23.1 Å². The standard InChI is InChI=1S/C39H39ClN2O8/c1-22-18-29-32(37(44)39(22)38(45)33-28(47-3)20-30(48-4)34(40)36(33)50-39)27(35(49-29)24-10-12-26(46-2)13-11-24)19-31(43)41-25-14-16-42(17-15-25)21-23-8-6-5-7-9-23/h5-13,20,22,25H,14-19,21H2,1-4H3,(H,41,43). The van der Waals surface area contributed by atoms with Gasteiger partial charge < -0.3 is 28.7 Å². The van der Waals surface area contributed by atoms with Crippen molar-refractivity contribution in [2.24, 2.45) is 5.92 Å². The van der Waals surface area contributed by atoms with Crippen LogP contribution in [-0.4, -0.2) is 68.4 Å². The van der Waals surface area contributed by atoms with E-state index in [1.807, 2.05) is 30.3 Å². The highest BCUT2D eigenvalue weighted by Crippen LogP contribution is 2.54. The number of carbonyl (C=O) groups is 3. The first-order chi connectivity index (χ1) is 24.2. The molecule has 1 saturated heterocycles. The quantitative estimate of drug-likeness (QED) is 0.200. The third-order valence-electron chi connectivity index (χ3n) is 10.1. The zero-order chi connectivity index (χ0) is 35.2. The molecular formula is C39H39ClN2O8. The second-order valence-electron chi connectivity index (χ2n) is 13.1. The van der Waals surface area contributed by atoms with Crippen LogP contribution in [0.1, 0.15) is 57.4 Å². The van der Waals surface area contributed by atoms with Gasteiger partial charge in [0, 0.05) is 55.2 Å². The van der Waals surface area contributed by atoms with E-state index in [2.05, 4.69) is 22.3 Å². The number of likely N-dealkylation sites (tertiary alicyclic amines) is 1. The first-order valence-electron chi connectivity index (χ1n) is 16.8. The molecule has 1 amide bonds. The molecule has 3 aromatic carbocycles. The molecule has 1 aromatic heterocycles. The van der Waals surface area contributed by atoms with E-state index in [0.29, 0.717) is 28.4 Å². The number of amides is 1. The minimum atomic E-state index is -1.93. The summed E-state index contributed by atoms with van der Waals surface area (Å²) in [4.78, 5) is 45.4. The fraction of sp³-hybridized carbons (Fsp3) is 0.359. The first-order valence-corrected chi connectivity index (χ1v) is 17.1. The minimum absolute atomic E-state index is 0.0115. The van der Waals surface area contributed by atoms with Crippen LogP contribution in [0, 0.1) is 5.92 Å². The topological polar surface area (TPSA) is 117 Å². The van der Waals surface area contributed by atoms with Crippen molar-refractivity contribution in [2.75, 3.05) is 34.4 Å². The molecule has 1 spiro atoms. The van der Waals surface area contributed by atoms with Crippen LogP contribution in [0.2, 0.25) is 5.02 Å². The van der Waals surface area contributed by atoms with Crippen LogP contribution in [0.3, 0.4) is 0 Å². The van der Waals surface area contributed by atoms with E-state index in [1.165, 1.54) is 25.8 Å². The molecule has 7 rings (SSSR count). The maximum atomic E-state index is 14.8. The molecule has 0 saturated carbocycles. The fourth-order valence-electron chi connectivity index (χ4n) is 7.49. The highest BCUT2D eigenvalue weighted by Gasteiger charge is 2.63. The van der Waals surface area contributed by atoms with Crippen molar-refractivity contribution in [3.05, 3.63) is 93.7 Å². The predicted octanol–water partition coefficient (Wildman–Crippen LogP) is 6.34. The van der Waals surface area contributed by atoms with Crippen molar-refractivity contribution < 1.29 is 37.7 Å². The molecule has 50 heavy (non-hydrogen) atoms. The lowest BCUT2D eigenvalue weighted by Crippen LogP contribution is -2.56. The molecule has 4 aromatic rings. The number of piperidine rings is 1. The summed E-state index contributed by atoms with van der Waals surface area (Å²) in [7, 11) is 4.44. The lowest BCUT2D eigenvalue weighted by atomic mass is 9.70. The number of rotatable bonds is 9. The van der Waals surface area contributed by atoms with Crippen LogP contribution in [0.15, 0.2) is 65.1 Å². The summed E-state index contributed by atoms with van der Waals surface area (Å²) in [5.74, 6) is -0.0850. The number of nitrogens with zero attached hydrogens (tertiary/aromatic N) is 1. The lowest BCUT2D eigenvalue weighted by molar-refractivity contribution is -0.121. The van der Waals surface area contributed by atoms with Crippen LogP contribution in [0.25, 0.3) is 11.3 Å². The van der Waals surface area contributed by atoms with Crippen molar-refractivity contribution >= 4 is 29.1 Å². The van der Waals surface area contributed by atoms with Gasteiger partial charge in [-0.05, 0) is 42.7 Å². The maximum absolute atomic E-state index is 14.8. The Labute approximate surface area is 295 Å². The Morgan fingerprint density at radius 1 is 0.940 bits per heavy atom. The second kappa shape index (κ2) is 13.5. The monoisotopic (exact) mass is 698 g/mol. The van der Waals surface area contributed by atoms with E-state index in [9.17, 15) is 14.4 Å². The van der Waals surface area contributed by atoms with E-state index in [4.69, 9.17) is 35.0 Å². The van der Waals surface area contributed by atoms with Gasteiger partial charge in [0.2, 0.25) is 23.1 Å². The summed E-state index contributed by atoms with van der Waals surface area (Å²) in [6.45, 7) is 4.35. The Morgan fingerprint density at radius 2 is 1.62 bits per heavy atom. The normalized spacial score (nSPS) is 20.3. The van der Waals surface area contributed by atoms with Gasteiger partial charge >= 0.3 is 0 Å². The number of hydrogen-bond acceptors (Lipinski definition) is 9. The maximum Gasteiger partial charge on any atom is 0.237 e. The number of ether oxygens (including phenoxy) is 4. The van der Waals surface area contributed by atoms with Crippen molar-refractivity contribution in [3.63, 3.8) is 0 Å². The number of methoxy groups -OCH3 is 3. The summed E-state index contributed by atoms with van der Waals surface area (Å²) in [6.07, 6.45) is 1.70. The Kier molecular flexibility index (Phi) is 9.09. The van der Waals surface area contributed by atoms with Gasteiger partial charge in [0.05, 0.1) is 33.3 Å². The third kappa shape index (κ3) is 5.70. The minimum Gasteiger partial charge on any atom is -0.497 e. The van der Waals surface area contributed by atoms with Crippen LogP contribution < -0.4 is 24.3 Å². The van der Waals surface area contributed by atoms with Crippen molar-refractivity contribution in [2.45, 2.75) is 50.8 Å². The SMILES string of the molecule is COc1ccc(-c2oc3c(c2CC(=O)NC2CCN(Cc4ccccc4)CC2)C(=O)C2(Oc4c(Cl)c(OC)cc(OC)c4C2=O)C(C)C3)cc1. The Bertz CT molecular complexity index is 1950. The van der Waals surface area contributed by atoms with Gasteiger partial charge in [-0.3, -0.25) is 19.3 Å². The molecule has 11 heteroatoms. The van der Waals surface area contributed by atoms with Crippen molar-refractivity contribution in [1.82, 2.24) is 10.2 Å². The number of halogens is 1. The van der Waals surface area contributed by atoms with E-state index >= 15 is 0 Å². The second-order valence-corrected chi connectivity index (χ2v) is 13.5. The summed E-state index contributed by atoms with van der Waals surface area (Å²) >= 11 is 6.64. The molecule has 0 bridgehead atoms. The number of hydrogen-bond donors (Lipinski definition) is 1. The third-order valence-corrected chi connectivity index (χ3v) is 10.5. The Hall–Kier alpha value is -4.80. The Balaban J connectivity index is 1.20. The van der Waals surface area contributed by atoms with Gasteiger partial charge in [0.15, 0.2) is 5.75 Å². The molecule has 10 nitrogen and oxygen atoms in total. The zero-order valence-corrected chi connectivity index (χ0v) is 29.2. The number of carbonyl (C=O) groups excluding carboxylic acids is 3. The molecule has 2 atom stereocenters. The highest BCUT2D eigenvalue weighted by molar-refractivity contribution is 6.36. The molecule has 260 valence electrons. The fourth-order valence-corrected chi connectivity index (χ4v) is 7.76. The van der Waals surface area contributed by atoms with Crippen LogP contribution in [0.5, 0.6) is 23.0 Å². The summed E-state index contributed by atoms with van der Waals surface area (Å²) in [5, 5.41) is 3.27. The summed E-state index contributed by atoms with van der Waals surface area (Å²) < 4.78 is 29.1. The van der Waals surface area contributed by atoms with E-state index in [-0.39, 0.29) is 58.2 Å².